The van der Waals surface area contributed by atoms with Crippen LogP contribution in [0.4, 0.5) is 0 Å². The molecule has 0 aliphatic carbocycles. The van der Waals surface area contributed by atoms with Crippen LogP contribution in [0, 0.1) is 5.92 Å². The standard InChI is InChI=1S/C14H20N2S/c1-11(2)8-9-15-14-16-10-13(17-14)12-6-4-3-5-7-12/h3-7,11,13H,8-10H2,1-2H3,(H,15,16). The molecule has 1 N–H and O–H groups in total. The zero-order chi connectivity index (χ0) is 12.1. The molecule has 1 aliphatic heterocycles. The average molecular weight is 248 g/mol. The number of amidine groups is 1. The third-order valence-corrected chi connectivity index (χ3v) is 4.03. The Hall–Kier alpha value is -0.960. The van der Waals surface area contributed by atoms with E-state index in [0.717, 1.165) is 24.2 Å². The monoisotopic (exact) mass is 248 g/mol. The predicted molar refractivity (Wildman–Crippen MR) is 76.5 cm³/mol. The van der Waals surface area contributed by atoms with E-state index in [1.807, 2.05) is 11.8 Å². The minimum atomic E-state index is 0.498. The highest BCUT2D eigenvalue weighted by atomic mass is 32.2. The number of thioether (sulfide) groups is 1. The van der Waals surface area contributed by atoms with Crippen LogP contribution >= 0.6 is 11.8 Å². The Morgan fingerprint density at radius 3 is 2.82 bits per heavy atom. The maximum absolute atomic E-state index is 4.56. The van der Waals surface area contributed by atoms with Gasteiger partial charge in [0.1, 0.15) is 0 Å². The summed E-state index contributed by atoms with van der Waals surface area (Å²) in [6.45, 7) is 6.43. The Morgan fingerprint density at radius 2 is 2.12 bits per heavy atom. The van der Waals surface area contributed by atoms with Gasteiger partial charge < -0.3 is 5.32 Å². The van der Waals surface area contributed by atoms with Crippen LogP contribution in [0.15, 0.2) is 35.3 Å². The van der Waals surface area contributed by atoms with E-state index in [4.69, 9.17) is 0 Å². The second kappa shape index (κ2) is 6.10. The third kappa shape index (κ3) is 3.77. The molecule has 92 valence electrons. The van der Waals surface area contributed by atoms with Crippen LogP contribution in [0.1, 0.15) is 31.1 Å². The molecule has 0 fully saturated rings. The number of nitrogens with zero attached hydrogens (tertiary/aromatic N) is 1. The molecule has 0 saturated heterocycles. The molecule has 1 aliphatic rings. The Bertz CT molecular complexity index is 373. The van der Waals surface area contributed by atoms with Crippen LogP contribution in [-0.4, -0.2) is 18.3 Å². The first-order chi connectivity index (χ1) is 8.25. The number of hydrogen-bond donors (Lipinski definition) is 1. The molecule has 1 aromatic carbocycles. The topological polar surface area (TPSA) is 24.4 Å². The Balaban J connectivity index is 1.79. The van der Waals surface area contributed by atoms with Gasteiger partial charge in [-0.15, -0.1) is 0 Å². The van der Waals surface area contributed by atoms with Gasteiger partial charge in [0.25, 0.3) is 0 Å². The van der Waals surface area contributed by atoms with Crippen molar-refractivity contribution in [2.24, 2.45) is 10.9 Å². The normalized spacial score (nSPS) is 19.5. The quantitative estimate of drug-likeness (QED) is 0.882. The molecule has 0 spiro atoms. The first-order valence-corrected chi connectivity index (χ1v) is 7.13. The molecule has 1 heterocycles. The summed E-state index contributed by atoms with van der Waals surface area (Å²) in [7, 11) is 0. The highest BCUT2D eigenvalue weighted by Crippen LogP contribution is 2.34. The van der Waals surface area contributed by atoms with Gasteiger partial charge in [-0.25, -0.2) is 0 Å². The van der Waals surface area contributed by atoms with Crippen molar-refractivity contribution in [1.29, 1.82) is 0 Å². The first kappa shape index (κ1) is 12.5. The highest BCUT2D eigenvalue weighted by molar-refractivity contribution is 8.14. The molecule has 0 bridgehead atoms. The van der Waals surface area contributed by atoms with Gasteiger partial charge in [0.2, 0.25) is 0 Å². The summed E-state index contributed by atoms with van der Waals surface area (Å²) in [6, 6.07) is 10.6. The second-order valence-electron chi connectivity index (χ2n) is 4.77. The van der Waals surface area contributed by atoms with Crippen LogP contribution in [0.5, 0.6) is 0 Å². The van der Waals surface area contributed by atoms with Crippen LogP contribution in [0.25, 0.3) is 0 Å². The fraction of sp³-hybridized carbons (Fsp3) is 0.500. The second-order valence-corrected chi connectivity index (χ2v) is 5.96. The highest BCUT2D eigenvalue weighted by Gasteiger charge is 2.20. The number of nitrogens with one attached hydrogen (secondary N) is 1. The number of hydrogen-bond acceptors (Lipinski definition) is 3. The molecule has 1 unspecified atom stereocenters. The third-order valence-electron chi connectivity index (χ3n) is 2.82. The summed E-state index contributed by atoms with van der Waals surface area (Å²) in [5, 5.41) is 5.03. The zero-order valence-electron chi connectivity index (χ0n) is 10.5. The van der Waals surface area contributed by atoms with E-state index >= 15 is 0 Å². The Kier molecular flexibility index (Phi) is 4.49. The summed E-state index contributed by atoms with van der Waals surface area (Å²) >= 11 is 1.85. The van der Waals surface area contributed by atoms with E-state index in [1.165, 1.54) is 12.0 Å². The number of aliphatic imine (C=N–C) groups is 1. The summed E-state index contributed by atoms with van der Waals surface area (Å²) in [5.74, 6) is 0.749. The van der Waals surface area contributed by atoms with Crippen molar-refractivity contribution in [2.45, 2.75) is 25.5 Å². The van der Waals surface area contributed by atoms with E-state index < -0.39 is 0 Å². The van der Waals surface area contributed by atoms with Crippen LogP contribution in [0.2, 0.25) is 0 Å². The molecule has 0 radical (unpaired) electrons. The lowest BCUT2D eigenvalue weighted by molar-refractivity contribution is 0.579. The van der Waals surface area contributed by atoms with E-state index in [-0.39, 0.29) is 0 Å². The van der Waals surface area contributed by atoms with E-state index in [2.05, 4.69) is 54.5 Å². The number of rotatable bonds is 4. The largest absolute Gasteiger partial charge is 0.365 e. The maximum atomic E-state index is 4.56. The molecular formula is C14H20N2S. The Morgan fingerprint density at radius 1 is 1.35 bits per heavy atom. The molecule has 2 rings (SSSR count). The van der Waals surface area contributed by atoms with Gasteiger partial charge in [-0.2, -0.15) is 0 Å². The van der Waals surface area contributed by atoms with Crippen LogP contribution in [-0.2, 0) is 0 Å². The molecule has 0 aromatic heterocycles. The molecule has 1 atom stereocenters. The van der Waals surface area contributed by atoms with Crippen molar-refractivity contribution in [3.63, 3.8) is 0 Å². The van der Waals surface area contributed by atoms with E-state index in [9.17, 15) is 0 Å². The van der Waals surface area contributed by atoms with Crippen LogP contribution in [0.3, 0.4) is 0 Å². The summed E-state index contributed by atoms with van der Waals surface area (Å²) in [6.07, 6.45) is 1.20. The average Bonchev–Trinajstić information content (AvgIpc) is 2.78. The maximum Gasteiger partial charge on any atom is 0.157 e. The predicted octanol–water partition coefficient (Wildman–Crippen LogP) is 3.47. The summed E-state index contributed by atoms with van der Waals surface area (Å²) < 4.78 is 0. The minimum absolute atomic E-state index is 0.498. The SMILES string of the molecule is CC(C)CCNC1=NCC(c2ccccc2)S1. The summed E-state index contributed by atoms with van der Waals surface area (Å²) in [4.78, 5) is 4.56. The summed E-state index contributed by atoms with van der Waals surface area (Å²) in [5.41, 5.74) is 1.38. The van der Waals surface area contributed by atoms with Gasteiger partial charge in [0.05, 0.1) is 11.8 Å². The number of benzene rings is 1. The minimum Gasteiger partial charge on any atom is -0.365 e. The van der Waals surface area contributed by atoms with Gasteiger partial charge >= 0.3 is 0 Å². The van der Waals surface area contributed by atoms with Gasteiger partial charge in [0, 0.05) is 6.54 Å². The fourth-order valence-electron chi connectivity index (χ4n) is 1.78. The van der Waals surface area contributed by atoms with Crippen molar-refractivity contribution in [2.75, 3.05) is 13.1 Å². The molecule has 1 aromatic rings. The van der Waals surface area contributed by atoms with Gasteiger partial charge in [0.15, 0.2) is 5.17 Å². The van der Waals surface area contributed by atoms with Crippen molar-refractivity contribution in [3.8, 4) is 0 Å². The van der Waals surface area contributed by atoms with Gasteiger partial charge in [-0.05, 0) is 17.9 Å². The smallest absolute Gasteiger partial charge is 0.157 e. The van der Waals surface area contributed by atoms with E-state index in [0.29, 0.717) is 5.25 Å². The van der Waals surface area contributed by atoms with Crippen molar-refractivity contribution in [1.82, 2.24) is 5.32 Å². The lowest BCUT2D eigenvalue weighted by atomic mass is 10.1. The van der Waals surface area contributed by atoms with Crippen molar-refractivity contribution >= 4 is 16.9 Å². The lowest BCUT2D eigenvalue weighted by Crippen LogP contribution is -2.21. The Labute approximate surface area is 108 Å². The van der Waals surface area contributed by atoms with Gasteiger partial charge in [-0.3, -0.25) is 4.99 Å². The molecule has 0 saturated carbocycles. The molecule has 17 heavy (non-hydrogen) atoms. The molecule has 0 amide bonds. The molecular weight excluding hydrogens is 228 g/mol. The lowest BCUT2D eigenvalue weighted by Gasteiger charge is -2.10. The van der Waals surface area contributed by atoms with E-state index in [1.54, 1.807) is 0 Å². The molecule has 3 heteroatoms. The fourth-order valence-corrected chi connectivity index (χ4v) is 2.83. The van der Waals surface area contributed by atoms with Crippen LogP contribution < -0.4 is 5.32 Å². The molecule has 2 nitrogen and oxygen atoms in total. The first-order valence-electron chi connectivity index (χ1n) is 6.25. The van der Waals surface area contributed by atoms with Crippen molar-refractivity contribution in [3.05, 3.63) is 35.9 Å². The van der Waals surface area contributed by atoms with Gasteiger partial charge in [-0.1, -0.05) is 55.9 Å². The van der Waals surface area contributed by atoms with Crippen molar-refractivity contribution < 1.29 is 0 Å². The zero-order valence-corrected chi connectivity index (χ0v) is 11.3.